The van der Waals surface area contributed by atoms with Gasteiger partial charge in [0.2, 0.25) is 10.0 Å². The van der Waals surface area contributed by atoms with Crippen molar-refractivity contribution in [2.45, 2.75) is 36.9 Å². The number of rotatable bonds is 8. The molecule has 3 aromatic rings. The van der Waals surface area contributed by atoms with Gasteiger partial charge in [0.1, 0.15) is 5.82 Å². The Balaban J connectivity index is 1.56. The van der Waals surface area contributed by atoms with Crippen LogP contribution in [0.1, 0.15) is 33.6 Å². The van der Waals surface area contributed by atoms with Gasteiger partial charge in [0, 0.05) is 33.6 Å². The molecular formula is C22H20ClFN2O3S2. The molecule has 0 aliphatic heterocycles. The molecule has 1 aromatic heterocycles. The molecule has 5 nitrogen and oxygen atoms in total. The van der Waals surface area contributed by atoms with E-state index in [-0.39, 0.29) is 46.1 Å². The van der Waals surface area contributed by atoms with Gasteiger partial charge in [0.15, 0.2) is 0 Å². The van der Waals surface area contributed by atoms with Gasteiger partial charge in [-0.1, -0.05) is 29.8 Å². The number of carbonyl (C=O) groups excluding carboxylic acids is 1. The molecule has 1 N–H and O–H groups in total. The van der Waals surface area contributed by atoms with Gasteiger partial charge in [0.25, 0.3) is 5.91 Å². The minimum absolute atomic E-state index is 0.00887. The van der Waals surface area contributed by atoms with Crippen LogP contribution >= 0.6 is 22.9 Å². The first-order chi connectivity index (χ1) is 14.8. The summed E-state index contributed by atoms with van der Waals surface area (Å²) in [5, 5.41) is 2.13. The zero-order valence-electron chi connectivity index (χ0n) is 16.4. The zero-order chi connectivity index (χ0) is 22.0. The average Bonchev–Trinajstić information content (AvgIpc) is 3.46. The highest BCUT2D eigenvalue weighted by molar-refractivity contribution is 7.89. The van der Waals surface area contributed by atoms with E-state index in [0.717, 1.165) is 17.7 Å². The van der Waals surface area contributed by atoms with E-state index in [9.17, 15) is 17.6 Å². The van der Waals surface area contributed by atoms with E-state index in [1.807, 2.05) is 17.5 Å². The van der Waals surface area contributed by atoms with Gasteiger partial charge >= 0.3 is 0 Å². The quantitative estimate of drug-likeness (QED) is 0.504. The normalized spacial score (nSPS) is 13.9. The third-order valence-corrected chi connectivity index (χ3v) is 7.68. The van der Waals surface area contributed by atoms with Crippen LogP contribution in [-0.4, -0.2) is 25.3 Å². The zero-order valence-corrected chi connectivity index (χ0v) is 18.8. The van der Waals surface area contributed by atoms with Crippen LogP contribution in [0.2, 0.25) is 5.02 Å². The second kappa shape index (κ2) is 9.08. The number of halogens is 2. The molecular weight excluding hydrogens is 459 g/mol. The van der Waals surface area contributed by atoms with Crippen LogP contribution in [0.5, 0.6) is 0 Å². The first-order valence-electron chi connectivity index (χ1n) is 9.71. The summed E-state index contributed by atoms with van der Waals surface area (Å²) in [6.07, 6.45) is 1.64. The summed E-state index contributed by atoms with van der Waals surface area (Å²) in [6, 6.07) is 14.0. The summed E-state index contributed by atoms with van der Waals surface area (Å²) in [4.78, 5) is 15.7. The van der Waals surface area contributed by atoms with E-state index in [2.05, 4.69) is 4.72 Å². The highest BCUT2D eigenvalue weighted by atomic mass is 35.5. The second-order valence-electron chi connectivity index (χ2n) is 7.30. The lowest BCUT2D eigenvalue weighted by molar-refractivity contribution is 0.0728. The molecule has 1 amide bonds. The van der Waals surface area contributed by atoms with Crippen LogP contribution in [0.4, 0.5) is 4.39 Å². The maximum atomic E-state index is 14.3. The Labute approximate surface area is 189 Å². The summed E-state index contributed by atoms with van der Waals surface area (Å²) in [7, 11) is -3.79. The van der Waals surface area contributed by atoms with E-state index in [4.69, 9.17) is 11.6 Å². The van der Waals surface area contributed by atoms with Crippen LogP contribution in [0.15, 0.2) is 64.9 Å². The minimum atomic E-state index is -3.79. The predicted octanol–water partition coefficient (Wildman–Crippen LogP) is 4.82. The van der Waals surface area contributed by atoms with Crippen molar-refractivity contribution in [1.29, 1.82) is 0 Å². The minimum Gasteiger partial charge on any atom is -0.331 e. The Morgan fingerprint density at radius 2 is 1.94 bits per heavy atom. The highest BCUT2D eigenvalue weighted by Gasteiger charge is 2.34. The van der Waals surface area contributed by atoms with Crippen LogP contribution in [0.25, 0.3) is 0 Å². The number of thiophene rings is 1. The molecule has 9 heteroatoms. The standard InChI is InChI=1S/C22H20ClFN2O3S2/c23-20-7-2-8-21(24)19(20)14-26(16-9-10-16)22(27)15-4-1-6-18(12-15)31(28,29)25-13-17-5-3-11-30-17/h1-8,11-12,16,25H,9-10,13-14H2. The molecule has 1 heterocycles. The summed E-state index contributed by atoms with van der Waals surface area (Å²) in [5.74, 6) is -0.822. The molecule has 1 aliphatic carbocycles. The smallest absolute Gasteiger partial charge is 0.254 e. The van der Waals surface area contributed by atoms with Crippen molar-refractivity contribution >= 4 is 38.9 Å². The fourth-order valence-electron chi connectivity index (χ4n) is 3.23. The van der Waals surface area contributed by atoms with Gasteiger partial charge in [-0.05, 0) is 54.6 Å². The number of amides is 1. The molecule has 31 heavy (non-hydrogen) atoms. The lowest BCUT2D eigenvalue weighted by atomic mass is 10.1. The van der Waals surface area contributed by atoms with Crippen molar-refractivity contribution < 1.29 is 17.6 Å². The first kappa shape index (κ1) is 22.0. The summed E-state index contributed by atoms with van der Waals surface area (Å²) < 4.78 is 42.2. The monoisotopic (exact) mass is 478 g/mol. The molecule has 1 saturated carbocycles. The lowest BCUT2D eigenvalue weighted by Gasteiger charge is -2.23. The predicted molar refractivity (Wildman–Crippen MR) is 119 cm³/mol. The Morgan fingerprint density at radius 1 is 1.16 bits per heavy atom. The number of hydrogen-bond acceptors (Lipinski definition) is 4. The summed E-state index contributed by atoms with van der Waals surface area (Å²) >= 11 is 7.60. The molecule has 0 radical (unpaired) electrons. The topological polar surface area (TPSA) is 66.5 Å². The number of nitrogens with one attached hydrogen (secondary N) is 1. The molecule has 0 spiro atoms. The summed E-state index contributed by atoms with van der Waals surface area (Å²) in [5.41, 5.74) is 0.490. The van der Waals surface area contributed by atoms with Gasteiger partial charge in [-0.25, -0.2) is 17.5 Å². The van der Waals surface area contributed by atoms with Gasteiger partial charge in [-0.3, -0.25) is 4.79 Å². The Morgan fingerprint density at radius 3 is 2.61 bits per heavy atom. The Hall–Kier alpha value is -2.26. The largest absolute Gasteiger partial charge is 0.331 e. The van der Waals surface area contributed by atoms with Crippen LogP contribution in [0, 0.1) is 5.82 Å². The number of benzene rings is 2. The molecule has 0 unspecified atom stereocenters. The van der Waals surface area contributed by atoms with Crippen LogP contribution in [0.3, 0.4) is 0 Å². The average molecular weight is 479 g/mol. The summed E-state index contributed by atoms with van der Waals surface area (Å²) in [6.45, 7) is 0.209. The number of carbonyl (C=O) groups is 1. The van der Waals surface area contributed by atoms with Gasteiger partial charge in [0.05, 0.1) is 11.4 Å². The molecule has 0 saturated heterocycles. The van der Waals surface area contributed by atoms with Crippen LogP contribution in [-0.2, 0) is 23.1 Å². The van der Waals surface area contributed by atoms with Crippen molar-refractivity contribution in [3.63, 3.8) is 0 Å². The Kier molecular flexibility index (Phi) is 6.43. The van der Waals surface area contributed by atoms with E-state index in [1.165, 1.54) is 41.7 Å². The van der Waals surface area contributed by atoms with E-state index >= 15 is 0 Å². The second-order valence-corrected chi connectivity index (χ2v) is 10.5. The van der Waals surface area contributed by atoms with Gasteiger partial charge < -0.3 is 4.90 Å². The van der Waals surface area contributed by atoms with E-state index < -0.39 is 15.8 Å². The van der Waals surface area contributed by atoms with Crippen molar-refractivity contribution in [2.75, 3.05) is 0 Å². The van der Waals surface area contributed by atoms with Gasteiger partial charge in [-0.15, -0.1) is 11.3 Å². The van der Waals surface area contributed by atoms with Gasteiger partial charge in [-0.2, -0.15) is 0 Å². The maximum Gasteiger partial charge on any atom is 0.254 e. The molecule has 162 valence electrons. The highest BCUT2D eigenvalue weighted by Crippen LogP contribution is 2.32. The molecule has 1 aliphatic rings. The third-order valence-electron chi connectivity index (χ3n) is 5.05. The Bertz CT molecular complexity index is 1170. The first-order valence-corrected chi connectivity index (χ1v) is 12.5. The molecule has 2 aromatic carbocycles. The fraction of sp³-hybridized carbons (Fsp3) is 0.227. The van der Waals surface area contributed by atoms with Crippen molar-refractivity contribution in [3.05, 3.63) is 86.8 Å². The third kappa shape index (κ3) is 5.15. The lowest BCUT2D eigenvalue weighted by Crippen LogP contribution is -2.33. The van der Waals surface area contributed by atoms with E-state index in [0.29, 0.717) is 0 Å². The van der Waals surface area contributed by atoms with Crippen molar-refractivity contribution in [1.82, 2.24) is 9.62 Å². The van der Waals surface area contributed by atoms with Crippen molar-refractivity contribution in [2.24, 2.45) is 0 Å². The van der Waals surface area contributed by atoms with E-state index in [1.54, 1.807) is 17.0 Å². The molecule has 0 bridgehead atoms. The number of hydrogen-bond donors (Lipinski definition) is 1. The fourth-order valence-corrected chi connectivity index (χ4v) is 5.24. The molecule has 4 rings (SSSR count). The van der Waals surface area contributed by atoms with Crippen molar-refractivity contribution in [3.8, 4) is 0 Å². The maximum absolute atomic E-state index is 14.3. The number of sulfonamides is 1. The molecule has 0 atom stereocenters. The van der Waals surface area contributed by atoms with Crippen LogP contribution < -0.4 is 4.72 Å². The number of nitrogens with zero attached hydrogens (tertiary/aromatic N) is 1. The molecule has 1 fully saturated rings. The SMILES string of the molecule is O=C(c1cccc(S(=O)(=O)NCc2cccs2)c1)N(Cc1c(F)cccc1Cl)C1CC1.